The van der Waals surface area contributed by atoms with E-state index in [0.717, 1.165) is 0 Å². The van der Waals surface area contributed by atoms with Crippen molar-refractivity contribution in [2.45, 2.75) is 12.5 Å². The molecule has 1 heterocycles. The van der Waals surface area contributed by atoms with Crippen molar-refractivity contribution in [3.05, 3.63) is 59.3 Å². The number of methoxy groups -OCH3 is 1. The number of furan rings is 1. The molecule has 0 fully saturated rings. The van der Waals surface area contributed by atoms with Gasteiger partial charge in [-0.2, -0.15) is 0 Å². The molecule has 0 saturated heterocycles. The molecule has 0 spiro atoms. The van der Waals surface area contributed by atoms with Gasteiger partial charge < -0.3 is 14.3 Å². The van der Waals surface area contributed by atoms with Crippen LogP contribution in [0.4, 0.5) is 4.39 Å². The number of hydrogen-bond acceptors (Lipinski definition) is 4. The van der Waals surface area contributed by atoms with E-state index in [4.69, 9.17) is 4.42 Å². The van der Waals surface area contributed by atoms with Gasteiger partial charge in [-0.1, -0.05) is 12.1 Å². The molecule has 0 amide bonds. The minimum Gasteiger partial charge on any atom is -0.463 e. The lowest BCUT2D eigenvalue weighted by atomic mass is 9.93. The second kappa shape index (κ2) is 4.85. The molecule has 0 aliphatic heterocycles. The van der Waals surface area contributed by atoms with Gasteiger partial charge in [0.1, 0.15) is 17.2 Å². The van der Waals surface area contributed by atoms with E-state index in [9.17, 15) is 14.3 Å². The van der Waals surface area contributed by atoms with E-state index in [2.05, 4.69) is 4.74 Å². The molecule has 100 valence electrons. The lowest BCUT2D eigenvalue weighted by Gasteiger charge is -2.21. The van der Waals surface area contributed by atoms with Crippen molar-refractivity contribution < 1.29 is 23.4 Å². The molecule has 1 N–H and O–H groups in total. The second-order valence-electron chi connectivity index (χ2n) is 4.24. The number of rotatable bonds is 3. The highest BCUT2D eigenvalue weighted by atomic mass is 19.1. The van der Waals surface area contributed by atoms with Gasteiger partial charge in [-0.3, -0.25) is 0 Å². The van der Waals surface area contributed by atoms with Crippen molar-refractivity contribution in [3.63, 3.8) is 0 Å². The van der Waals surface area contributed by atoms with Gasteiger partial charge in [0.05, 0.1) is 7.11 Å². The summed E-state index contributed by atoms with van der Waals surface area (Å²) in [6, 6.07) is 8.40. The molecule has 1 atom stereocenters. The van der Waals surface area contributed by atoms with Crippen LogP contribution in [0.5, 0.6) is 0 Å². The molecule has 0 aliphatic rings. The fraction of sp³-hybridized carbons (Fsp3) is 0.214. The Morgan fingerprint density at radius 3 is 2.74 bits per heavy atom. The molecule has 1 aromatic heterocycles. The average Bonchev–Trinajstić information content (AvgIpc) is 2.88. The predicted molar refractivity (Wildman–Crippen MR) is 65.1 cm³/mol. The molecule has 5 heteroatoms. The number of halogens is 1. The number of benzene rings is 1. The first-order valence-electron chi connectivity index (χ1n) is 5.62. The van der Waals surface area contributed by atoms with E-state index in [1.165, 1.54) is 44.4 Å². The maximum absolute atomic E-state index is 13.2. The molecule has 0 radical (unpaired) electrons. The summed E-state index contributed by atoms with van der Waals surface area (Å²) in [7, 11) is 1.23. The normalized spacial score (nSPS) is 13.9. The quantitative estimate of drug-likeness (QED) is 0.865. The summed E-state index contributed by atoms with van der Waals surface area (Å²) in [4.78, 5) is 11.3. The van der Waals surface area contributed by atoms with E-state index in [0.29, 0.717) is 5.56 Å². The fourth-order valence-corrected chi connectivity index (χ4v) is 1.74. The Kier molecular flexibility index (Phi) is 3.40. The van der Waals surface area contributed by atoms with Crippen molar-refractivity contribution in [1.82, 2.24) is 0 Å². The second-order valence-corrected chi connectivity index (χ2v) is 4.24. The highest BCUT2D eigenvalue weighted by Crippen LogP contribution is 2.30. The Labute approximate surface area is 109 Å². The van der Waals surface area contributed by atoms with Crippen LogP contribution in [-0.4, -0.2) is 18.2 Å². The van der Waals surface area contributed by atoms with Crippen molar-refractivity contribution in [1.29, 1.82) is 0 Å². The Hall–Kier alpha value is -2.14. The summed E-state index contributed by atoms with van der Waals surface area (Å²) < 4.78 is 22.9. The first kappa shape index (κ1) is 13.3. The van der Waals surface area contributed by atoms with Crippen molar-refractivity contribution in [2.75, 3.05) is 7.11 Å². The van der Waals surface area contributed by atoms with Crippen molar-refractivity contribution in [2.24, 2.45) is 0 Å². The largest absolute Gasteiger partial charge is 0.463 e. The molecule has 4 nitrogen and oxygen atoms in total. The summed E-state index contributed by atoms with van der Waals surface area (Å²) in [5.74, 6) is -0.980. The molecule has 0 saturated carbocycles. The van der Waals surface area contributed by atoms with Gasteiger partial charge in [-0.05, 0) is 36.8 Å². The van der Waals surface area contributed by atoms with Gasteiger partial charge in [0.2, 0.25) is 5.76 Å². The van der Waals surface area contributed by atoms with Gasteiger partial charge in [-0.25, -0.2) is 9.18 Å². The van der Waals surface area contributed by atoms with E-state index in [1.807, 2.05) is 0 Å². The van der Waals surface area contributed by atoms with Gasteiger partial charge in [0.25, 0.3) is 0 Å². The zero-order valence-corrected chi connectivity index (χ0v) is 10.5. The van der Waals surface area contributed by atoms with Crippen LogP contribution >= 0.6 is 0 Å². The Bertz CT molecular complexity index is 601. The van der Waals surface area contributed by atoms with Crippen molar-refractivity contribution >= 4 is 5.97 Å². The van der Waals surface area contributed by atoms with Crippen LogP contribution in [-0.2, 0) is 10.3 Å². The number of carbonyl (C=O) groups excluding carboxylic acids is 1. The molecule has 1 unspecified atom stereocenters. The first-order valence-corrected chi connectivity index (χ1v) is 5.62. The minimum atomic E-state index is -1.53. The van der Waals surface area contributed by atoms with Crippen LogP contribution < -0.4 is 0 Å². The SMILES string of the molecule is COC(=O)c1ccc(C(C)(O)c2cccc(F)c2)o1. The maximum Gasteiger partial charge on any atom is 0.373 e. The van der Waals surface area contributed by atoms with Crippen molar-refractivity contribution in [3.8, 4) is 0 Å². The first-order chi connectivity index (χ1) is 8.95. The van der Waals surface area contributed by atoms with Crippen LogP contribution in [0.2, 0.25) is 0 Å². The number of aliphatic hydroxyl groups is 1. The predicted octanol–water partition coefficient (Wildman–Crippen LogP) is 2.46. The lowest BCUT2D eigenvalue weighted by Crippen LogP contribution is -2.22. The summed E-state index contributed by atoms with van der Waals surface area (Å²) >= 11 is 0. The molecule has 1 aromatic carbocycles. The standard InChI is InChI=1S/C14H13FO4/c1-14(17,9-4-3-5-10(15)8-9)12-7-6-11(19-12)13(16)18-2/h3-8,17H,1-2H3. The van der Waals surface area contributed by atoms with Gasteiger partial charge in [0, 0.05) is 0 Å². The van der Waals surface area contributed by atoms with Crippen LogP contribution in [0.3, 0.4) is 0 Å². The summed E-state index contributed by atoms with van der Waals surface area (Å²) in [6.07, 6.45) is 0. The molecule has 2 aromatic rings. The third-order valence-electron chi connectivity index (χ3n) is 2.86. The van der Waals surface area contributed by atoms with Crippen LogP contribution in [0, 0.1) is 5.82 Å². The third kappa shape index (κ3) is 2.51. The molecule has 19 heavy (non-hydrogen) atoms. The average molecular weight is 264 g/mol. The smallest absolute Gasteiger partial charge is 0.373 e. The summed E-state index contributed by atoms with van der Waals surface area (Å²) in [5, 5.41) is 10.4. The molecular formula is C14H13FO4. The van der Waals surface area contributed by atoms with E-state index >= 15 is 0 Å². The Morgan fingerprint density at radius 1 is 1.37 bits per heavy atom. The zero-order chi connectivity index (χ0) is 14.0. The fourth-order valence-electron chi connectivity index (χ4n) is 1.74. The number of hydrogen-bond donors (Lipinski definition) is 1. The van der Waals surface area contributed by atoms with Crippen LogP contribution in [0.1, 0.15) is 28.8 Å². The zero-order valence-electron chi connectivity index (χ0n) is 10.5. The van der Waals surface area contributed by atoms with Crippen LogP contribution in [0.25, 0.3) is 0 Å². The maximum atomic E-state index is 13.2. The number of ether oxygens (including phenoxy) is 1. The summed E-state index contributed by atoms with van der Waals surface area (Å²) in [5.41, 5.74) is -1.20. The Morgan fingerprint density at radius 2 is 2.11 bits per heavy atom. The van der Waals surface area contributed by atoms with Gasteiger partial charge >= 0.3 is 5.97 Å². The number of esters is 1. The topological polar surface area (TPSA) is 59.7 Å². The van der Waals surface area contributed by atoms with Crippen LogP contribution in [0.15, 0.2) is 40.8 Å². The van der Waals surface area contributed by atoms with Gasteiger partial charge in [0.15, 0.2) is 0 Å². The minimum absolute atomic E-state index is 0.0193. The molecule has 2 rings (SSSR count). The van der Waals surface area contributed by atoms with E-state index in [1.54, 1.807) is 6.07 Å². The Balaban J connectivity index is 2.39. The van der Waals surface area contributed by atoms with E-state index < -0.39 is 17.4 Å². The highest BCUT2D eigenvalue weighted by molar-refractivity contribution is 5.86. The molecular weight excluding hydrogens is 251 g/mol. The molecule has 0 aliphatic carbocycles. The number of carbonyl (C=O) groups is 1. The molecule has 0 bridgehead atoms. The highest BCUT2D eigenvalue weighted by Gasteiger charge is 2.30. The van der Waals surface area contributed by atoms with Gasteiger partial charge in [-0.15, -0.1) is 0 Å². The summed E-state index contributed by atoms with van der Waals surface area (Å²) in [6.45, 7) is 1.46. The lowest BCUT2D eigenvalue weighted by molar-refractivity contribution is 0.0522. The van der Waals surface area contributed by atoms with E-state index in [-0.39, 0.29) is 11.5 Å². The third-order valence-corrected chi connectivity index (χ3v) is 2.86. The monoisotopic (exact) mass is 264 g/mol.